The van der Waals surface area contributed by atoms with Crippen LogP contribution in [0.4, 0.5) is 5.82 Å². The first kappa shape index (κ1) is 23.7. The smallest absolute Gasteiger partial charge is 0.359 e. The van der Waals surface area contributed by atoms with E-state index in [4.69, 9.17) is 9.47 Å². The molecule has 0 aliphatic rings. The van der Waals surface area contributed by atoms with Crippen LogP contribution in [0.5, 0.6) is 5.75 Å². The fraction of sp³-hybridized carbons (Fsp3) is 0.240. The van der Waals surface area contributed by atoms with Crippen LogP contribution in [0.3, 0.4) is 0 Å². The molecule has 0 radical (unpaired) electrons. The molecule has 0 spiro atoms. The summed E-state index contributed by atoms with van der Waals surface area (Å²) in [5.41, 5.74) is 3.06. The monoisotopic (exact) mass is 475 g/mol. The Labute approximate surface area is 201 Å². The third kappa shape index (κ3) is 4.77. The van der Waals surface area contributed by atoms with Crippen molar-refractivity contribution in [2.24, 2.45) is 0 Å². The van der Waals surface area contributed by atoms with Gasteiger partial charge in [0.25, 0.3) is 0 Å². The van der Waals surface area contributed by atoms with E-state index in [1.54, 1.807) is 25.6 Å². The zero-order valence-corrected chi connectivity index (χ0v) is 19.7. The number of nitro groups is 1. The highest BCUT2D eigenvalue weighted by molar-refractivity contribution is 5.91. The molecule has 0 amide bonds. The molecule has 0 bridgehead atoms. The SMILES string of the molecule is CCOC(=O)c1nn(-c2ccccc2)c(-c2ccc(OC)cc2)c1CCn1c([N+](=O)[O-])cnc1C. The predicted octanol–water partition coefficient (Wildman–Crippen LogP) is 4.38. The zero-order valence-electron chi connectivity index (χ0n) is 19.7. The Morgan fingerprint density at radius 2 is 1.83 bits per heavy atom. The molecule has 0 aliphatic heterocycles. The minimum absolute atomic E-state index is 0.110. The molecular formula is C25H25N5O5. The van der Waals surface area contributed by atoms with Crippen molar-refractivity contribution in [3.05, 3.63) is 88.0 Å². The summed E-state index contributed by atoms with van der Waals surface area (Å²) in [6, 6.07) is 16.9. The second-order valence-corrected chi connectivity index (χ2v) is 7.69. The molecule has 0 fully saturated rings. The zero-order chi connectivity index (χ0) is 24.9. The van der Waals surface area contributed by atoms with Crippen LogP contribution in [-0.2, 0) is 17.7 Å². The molecule has 180 valence electrons. The average molecular weight is 476 g/mol. The number of esters is 1. The lowest BCUT2D eigenvalue weighted by molar-refractivity contribution is -0.392. The summed E-state index contributed by atoms with van der Waals surface area (Å²) in [6.45, 7) is 3.87. The average Bonchev–Trinajstić information content (AvgIpc) is 3.44. The summed E-state index contributed by atoms with van der Waals surface area (Å²) >= 11 is 0. The number of rotatable bonds is 9. The van der Waals surface area contributed by atoms with Gasteiger partial charge in [-0.25, -0.2) is 19.0 Å². The van der Waals surface area contributed by atoms with Gasteiger partial charge in [-0.3, -0.25) is 0 Å². The molecule has 0 N–H and O–H groups in total. The fourth-order valence-corrected chi connectivity index (χ4v) is 3.95. The van der Waals surface area contributed by atoms with Crippen LogP contribution in [0.15, 0.2) is 60.8 Å². The van der Waals surface area contributed by atoms with Crippen LogP contribution in [0.25, 0.3) is 16.9 Å². The molecule has 4 aromatic rings. The van der Waals surface area contributed by atoms with Crippen molar-refractivity contribution >= 4 is 11.8 Å². The van der Waals surface area contributed by atoms with E-state index in [9.17, 15) is 14.9 Å². The van der Waals surface area contributed by atoms with Crippen molar-refractivity contribution in [3.8, 4) is 22.7 Å². The van der Waals surface area contributed by atoms with E-state index in [1.807, 2.05) is 54.6 Å². The van der Waals surface area contributed by atoms with Crippen molar-refractivity contribution in [1.29, 1.82) is 0 Å². The number of aryl methyl sites for hydroxylation is 1. The number of methoxy groups -OCH3 is 1. The Bertz CT molecular complexity index is 1340. The molecule has 35 heavy (non-hydrogen) atoms. The molecular weight excluding hydrogens is 450 g/mol. The lowest BCUT2D eigenvalue weighted by atomic mass is 10.0. The summed E-state index contributed by atoms with van der Waals surface area (Å²) in [7, 11) is 1.59. The fourth-order valence-electron chi connectivity index (χ4n) is 3.95. The van der Waals surface area contributed by atoms with Crippen molar-refractivity contribution in [1.82, 2.24) is 19.3 Å². The number of benzene rings is 2. The molecule has 0 aliphatic carbocycles. The highest BCUT2D eigenvalue weighted by Crippen LogP contribution is 2.32. The molecule has 10 heteroatoms. The molecule has 10 nitrogen and oxygen atoms in total. The Balaban J connectivity index is 1.89. The summed E-state index contributed by atoms with van der Waals surface area (Å²) < 4.78 is 13.8. The van der Waals surface area contributed by atoms with Gasteiger partial charge in [-0.15, -0.1) is 0 Å². The Kier molecular flexibility index (Phi) is 6.91. The minimum atomic E-state index is -0.552. The number of para-hydroxylation sites is 1. The van der Waals surface area contributed by atoms with Gasteiger partial charge in [0.2, 0.25) is 0 Å². The van der Waals surface area contributed by atoms with Crippen LogP contribution in [-0.4, -0.2) is 43.9 Å². The van der Waals surface area contributed by atoms with Crippen molar-refractivity contribution in [2.45, 2.75) is 26.8 Å². The van der Waals surface area contributed by atoms with Gasteiger partial charge < -0.3 is 19.6 Å². The molecule has 4 rings (SSSR count). The molecule has 2 heterocycles. The summed E-state index contributed by atoms with van der Waals surface area (Å²) in [5.74, 6) is 0.539. The molecule has 2 aromatic carbocycles. The van der Waals surface area contributed by atoms with E-state index in [0.29, 0.717) is 29.3 Å². The predicted molar refractivity (Wildman–Crippen MR) is 129 cm³/mol. The van der Waals surface area contributed by atoms with E-state index in [1.165, 1.54) is 10.8 Å². The first-order chi connectivity index (χ1) is 16.9. The second kappa shape index (κ2) is 10.2. The van der Waals surface area contributed by atoms with Crippen LogP contribution >= 0.6 is 0 Å². The van der Waals surface area contributed by atoms with Crippen molar-refractivity contribution < 1.29 is 19.2 Å². The Morgan fingerprint density at radius 3 is 2.46 bits per heavy atom. The second-order valence-electron chi connectivity index (χ2n) is 7.69. The van der Waals surface area contributed by atoms with Crippen LogP contribution in [0.2, 0.25) is 0 Å². The number of nitrogens with zero attached hydrogens (tertiary/aromatic N) is 5. The first-order valence-electron chi connectivity index (χ1n) is 11.1. The van der Waals surface area contributed by atoms with E-state index in [2.05, 4.69) is 10.1 Å². The van der Waals surface area contributed by atoms with Gasteiger partial charge in [0.15, 0.2) is 11.5 Å². The van der Waals surface area contributed by atoms with Crippen molar-refractivity contribution in [2.75, 3.05) is 13.7 Å². The highest BCUT2D eigenvalue weighted by atomic mass is 16.6. The van der Waals surface area contributed by atoms with Crippen LogP contribution in [0, 0.1) is 17.0 Å². The summed E-state index contributed by atoms with van der Waals surface area (Å²) in [6.07, 6.45) is 1.53. The van der Waals surface area contributed by atoms with E-state index >= 15 is 0 Å². The van der Waals surface area contributed by atoms with Gasteiger partial charge in [0.05, 0.1) is 31.6 Å². The lowest BCUT2D eigenvalue weighted by Gasteiger charge is -2.11. The summed E-state index contributed by atoms with van der Waals surface area (Å²) in [4.78, 5) is 28.1. The number of ether oxygens (including phenoxy) is 2. The van der Waals surface area contributed by atoms with Crippen LogP contribution in [0.1, 0.15) is 28.8 Å². The van der Waals surface area contributed by atoms with Gasteiger partial charge in [-0.2, -0.15) is 5.10 Å². The molecule has 0 unspecified atom stereocenters. The summed E-state index contributed by atoms with van der Waals surface area (Å²) in [5, 5.41) is 16.1. The van der Waals surface area contributed by atoms with E-state index < -0.39 is 10.9 Å². The molecule has 0 atom stereocenters. The normalized spacial score (nSPS) is 10.8. The van der Waals surface area contributed by atoms with E-state index in [0.717, 1.165) is 11.3 Å². The maximum absolute atomic E-state index is 13.0. The maximum Gasteiger partial charge on any atom is 0.359 e. The number of hydrogen-bond acceptors (Lipinski definition) is 7. The van der Waals surface area contributed by atoms with Crippen LogP contribution < -0.4 is 4.74 Å². The van der Waals surface area contributed by atoms with Gasteiger partial charge in [-0.1, -0.05) is 18.2 Å². The first-order valence-corrected chi connectivity index (χ1v) is 11.1. The Hall–Kier alpha value is -4.47. The minimum Gasteiger partial charge on any atom is -0.497 e. The number of hydrogen-bond donors (Lipinski definition) is 0. The third-order valence-corrected chi connectivity index (χ3v) is 5.62. The Morgan fingerprint density at radius 1 is 1.11 bits per heavy atom. The highest BCUT2D eigenvalue weighted by Gasteiger charge is 2.27. The number of carbonyl (C=O) groups excluding carboxylic acids is 1. The molecule has 2 aromatic heterocycles. The number of imidazole rings is 1. The van der Waals surface area contributed by atoms with Gasteiger partial charge >= 0.3 is 11.8 Å². The van der Waals surface area contributed by atoms with Gasteiger partial charge in [0, 0.05) is 24.5 Å². The lowest BCUT2D eigenvalue weighted by Crippen LogP contribution is -2.12. The molecule has 0 saturated carbocycles. The van der Waals surface area contributed by atoms with Gasteiger partial charge in [0.1, 0.15) is 11.9 Å². The standard InChI is InChI=1S/C25H25N5O5/c1-4-35-25(31)23-21(14-15-28-17(2)26-16-22(28)30(32)33)24(18-10-12-20(34-3)13-11-18)29(27-23)19-8-6-5-7-9-19/h5-13,16H,4,14-15H2,1-3H3. The molecule has 0 saturated heterocycles. The maximum atomic E-state index is 13.0. The van der Waals surface area contributed by atoms with E-state index in [-0.39, 0.29) is 24.7 Å². The third-order valence-electron chi connectivity index (χ3n) is 5.62. The van der Waals surface area contributed by atoms with Gasteiger partial charge in [-0.05, 0) is 48.2 Å². The largest absolute Gasteiger partial charge is 0.497 e. The van der Waals surface area contributed by atoms with Crippen molar-refractivity contribution in [3.63, 3.8) is 0 Å². The number of aromatic nitrogens is 4. The topological polar surface area (TPSA) is 114 Å². The quantitative estimate of drug-likeness (QED) is 0.200. The number of carbonyl (C=O) groups is 1.